The highest BCUT2D eigenvalue weighted by atomic mass is 19.4. The fraction of sp³-hybridized carbons (Fsp3) is 0.900. The molecule has 1 amide bonds. The highest BCUT2D eigenvalue weighted by Gasteiger charge is 2.47. The number of halogens is 4. The van der Waals surface area contributed by atoms with Crippen LogP contribution in [0.2, 0.25) is 0 Å². The van der Waals surface area contributed by atoms with Crippen LogP contribution >= 0.6 is 0 Å². The van der Waals surface area contributed by atoms with Crippen LogP contribution in [-0.2, 0) is 14.3 Å². The Morgan fingerprint density at radius 3 is 2.27 bits per heavy atom. The number of likely N-dealkylation sites (tertiary alicyclic amines) is 2. The van der Waals surface area contributed by atoms with Crippen LogP contribution in [0.5, 0.6) is 0 Å². The number of carboxylic acid groups (broad SMARTS) is 1. The van der Waals surface area contributed by atoms with Crippen LogP contribution in [0.4, 0.5) is 17.6 Å². The normalized spacial score (nSPS) is 34.4. The summed E-state index contributed by atoms with van der Waals surface area (Å²) < 4.78 is 51.3. The minimum atomic E-state index is -5.08. The van der Waals surface area contributed by atoms with Crippen LogP contribution in [0.1, 0.15) is 51.4 Å². The first-order valence-corrected chi connectivity index (χ1v) is 10.7. The van der Waals surface area contributed by atoms with E-state index in [2.05, 4.69) is 4.90 Å². The van der Waals surface area contributed by atoms with Crippen LogP contribution in [-0.4, -0.2) is 83.6 Å². The van der Waals surface area contributed by atoms with Gasteiger partial charge in [0.25, 0.3) is 0 Å². The first-order chi connectivity index (χ1) is 14.1. The number of rotatable bonds is 3. The molecule has 6 nitrogen and oxygen atoms in total. The zero-order valence-electron chi connectivity index (χ0n) is 17.0. The summed E-state index contributed by atoms with van der Waals surface area (Å²) >= 11 is 0. The molecule has 1 saturated carbocycles. The van der Waals surface area contributed by atoms with E-state index < -0.39 is 18.3 Å². The number of nitrogens with zero attached hydrogens (tertiary/aromatic N) is 2. The molecule has 0 aromatic rings. The van der Waals surface area contributed by atoms with E-state index in [4.69, 9.17) is 14.6 Å². The Balaban J connectivity index is 0.000000318. The van der Waals surface area contributed by atoms with Gasteiger partial charge in [-0.3, -0.25) is 4.79 Å². The number of aliphatic carboxylic acids is 1. The Labute approximate surface area is 173 Å². The maximum absolute atomic E-state index is 13.0. The lowest BCUT2D eigenvalue weighted by atomic mass is 9.82. The van der Waals surface area contributed by atoms with E-state index in [1.807, 2.05) is 4.90 Å². The number of carboxylic acids is 1. The van der Waals surface area contributed by atoms with Crippen LogP contribution in [0.25, 0.3) is 0 Å². The summed E-state index contributed by atoms with van der Waals surface area (Å²) in [7, 11) is 0. The first-order valence-electron chi connectivity index (χ1n) is 10.7. The van der Waals surface area contributed by atoms with Crippen molar-refractivity contribution >= 4 is 11.9 Å². The average Bonchev–Trinajstić information content (AvgIpc) is 3.29. The summed E-state index contributed by atoms with van der Waals surface area (Å²) in [6.45, 7) is 5.01. The molecular formula is C20H30F4N2O4. The van der Waals surface area contributed by atoms with E-state index >= 15 is 0 Å². The third-order valence-corrected chi connectivity index (χ3v) is 6.54. The van der Waals surface area contributed by atoms with Crippen molar-refractivity contribution in [2.45, 2.75) is 75.4 Å². The van der Waals surface area contributed by atoms with Gasteiger partial charge in [-0.1, -0.05) is 0 Å². The standard InChI is InChI=1S/C18H29FN2O2.C2HF3O2/c19-15-10-14(11-15)17(22)21-9-6-18(13-21)5-3-4-16(23-18)12-20-7-1-2-8-20;3-2(4,5)1(6)7/h14-16H,1-13H2;(H,6,7)/t14?,15?,16-,18+;/m0./s1. The molecule has 30 heavy (non-hydrogen) atoms. The van der Waals surface area contributed by atoms with Gasteiger partial charge in [0.1, 0.15) is 6.17 Å². The highest BCUT2D eigenvalue weighted by Crippen LogP contribution is 2.39. The van der Waals surface area contributed by atoms with Crippen molar-refractivity contribution in [3.63, 3.8) is 0 Å². The molecule has 1 N–H and O–H groups in total. The summed E-state index contributed by atoms with van der Waals surface area (Å²) in [5.74, 6) is -2.65. The van der Waals surface area contributed by atoms with E-state index in [-0.39, 0.29) is 17.4 Å². The maximum atomic E-state index is 13.0. The van der Waals surface area contributed by atoms with Gasteiger partial charge in [0.05, 0.1) is 11.7 Å². The van der Waals surface area contributed by atoms with Gasteiger partial charge in [-0.25, -0.2) is 9.18 Å². The Hall–Kier alpha value is -1.42. The van der Waals surface area contributed by atoms with E-state index in [1.165, 1.54) is 32.4 Å². The molecule has 1 spiro atoms. The Morgan fingerprint density at radius 2 is 1.70 bits per heavy atom. The number of amides is 1. The van der Waals surface area contributed by atoms with Crippen molar-refractivity contribution in [1.82, 2.24) is 9.80 Å². The summed E-state index contributed by atoms with van der Waals surface area (Å²) in [6.07, 6.45) is 2.38. The second-order valence-electron chi connectivity index (χ2n) is 8.90. The predicted octanol–water partition coefficient (Wildman–Crippen LogP) is 3.00. The fourth-order valence-corrected chi connectivity index (χ4v) is 4.85. The number of carbonyl (C=O) groups is 2. The fourth-order valence-electron chi connectivity index (χ4n) is 4.85. The SMILES string of the molecule is O=C(C1CC(F)C1)N1CC[C@]2(CCC[C@@H](CN3CCCC3)O2)C1.O=C(O)C(F)(F)F. The lowest BCUT2D eigenvalue weighted by Crippen LogP contribution is -2.48. The van der Waals surface area contributed by atoms with Crippen molar-refractivity contribution in [2.75, 3.05) is 32.7 Å². The molecule has 0 aromatic carbocycles. The summed E-state index contributed by atoms with van der Waals surface area (Å²) in [5, 5.41) is 7.12. The molecular weight excluding hydrogens is 408 g/mol. The third-order valence-electron chi connectivity index (χ3n) is 6.54. The molecule has 0 unspecified atom stereocenters. The summed E-state index contributed by atoms with van der Waals surface area (Å²) in [5.41, 5.74) is -0.114. The van der Waals surface area contributed by atoms with Gasteiger partial charge in [0.2, 0.25) is 5.91 Å². The van der Waals surface area contributed by atoms with Crippen LogP contribution in [0.15, 0.2) is 0 Å². The third kappa shape index (κ3) is 5.84. The summed E-state index contributed by atoms with van der Waals surface area (Å²) in [4.78, 5) is 25.8. The Kier molecular flexibility index (Phi) is 7.27. The van der Waals surface area contributed by atoms with Gasteiger partial charge >= 0.3 is 12.1 Å². The van der Waals surface area contributed by atoms with Gasteiger partial charge in [-0.15, -0.1) is 0 Å². The maximum Gasteiger partial charge on any atom is 0.490 e. The molecule has 2 atom stereocenters. The van der Waals surface area contributed by atoms with Crippen LogP contribution in [0, 0.1) is 5.92 Å². The molecule has 0 radical (unpaired) electrons. The van der Waals surface area contributed by atoms with E-state index in [0.29, 0.717) is 18.9 Å². The lowest BCUT2D eigenvalue weighted by molar-refractivity contribution is -0.192. The molecule has 4 rings (SSSR count). The molecule has 172 valence electrons. The summed E-state index contributed by atoms with van der Waals surface area (Å²) in [6, 6.07) is 0. The van der Waals surface area contributed by atoms with E-state index in [0.717, 1.165) is 38.9 Å². The number of alkyl halides is 4. The molecule has 1 aliphatic carbocycles. The van der Waals surface area contributed by atoms with Gasteiger partial charge in [-0.2, -0.15) is 13.2 Å². The van der Waals surface area contributed by atoms with Gasteiger partial charge < -0.3 is 19.6 Å². The van der Waals surface area contributed by atoms with Crippen molar-refractivity contribution in [2.24, 2.45) is 5.92 Å². The second-order valence-corrected chi connectivity index (χ2v) is 8.90. The minimum Gasteiger partial charge on any atom is -0.475 e. The zero-order chi connectivity index (χ0) is 21.9. The first kappa shape index (κ1) is 23.2. The monoisotopic (exact) mass is 438 g/mol. The quantitative estimate of drug-likeness (QED) is 0.686. The molecule has 3 heterocycles. The topological polar surface area (TPSA) is 70.1 Å². The number of hydrogen-bond donors (Lipinski definition) is 1. The average molecular weight is 438 g/mol. The van der Waals surface area contributed by atoms with Crippen molar-refractivity contribution in [3.05, 3.63) is 0 Å². The molecule has 4 aliphatic rings. The van der Waals surface area contributed by atoms with E-state index in [1.54, 1.807) is 0 Å². The minimum absolute atomic E-state index is 0.0656. The molecule has 4 fully saturated rings. The molecule has 3 aliphatic heterocycles. The molecule has 0 bridgehead atoms. The van der Waals surface area contributed by atoms with Gasteiger partial charge in [0, 0.05) is 25.6 Å². The molecule has 0 aromatic heterocycles. The molecule has 10 heteroatoms. The van der Waals surface area contributed by atoms with Crippen LogP contribution in [0.3, 0.4) is 0 Å². The number of hydrogen-bond acceptors (Lipinski definition) is 4. The van der Waals surface area contributed by atoms with Crippen molar-refractivity contribution < 1.29 is 37.0 Å². The van der Waals surface area contributed by atoms with Crippen molar-refractivity contribution in [1.29, 1.82) is 0 Å². The number of ether oxygens (including phenoxy) is 1. The highest BCUT2D eigenvalue weighted by molar-refractivity contribution is 5.80. The lowest BCUT2D eigenvalue weighted by Gasteiger charge is -2.40. The van der Waals surface area contributed by atoms with Crippen molar-refractivity contribution in [3.8, 4) is 0 Å². The smallest absolute Gasteiger partial charge is 0.475 e. The molecule has 3 saturated heterocycles. The van der Waals surface area contributed by atoms with Gasteiger partial charge in [-0.05, 0) is 64.5 Å². The largest absolute Gasteiger partial charge is 0.490 e. The Morgan fingerprint density at radius 1 is 1.07 bits per heavy atom. The Bertz CT molecular complexity index is 620. The van der Waals surface area contributed by atoms with Crippen LogP contribution < -0.4 is 0 Å². The van der Waals surface area contributed by atoms with E-state index in [9.17, 15) is 22.4 Å². The zero-order valence-corrected chi connectivity index (χ0v) is 17.0. The van der Waals surface area contributed by atoms with Gasteiger partial charge in [0.15, 0.2) is 0 Å². The predicted molar refractivity (Wildman–Crippen MR) is 99.6 cm³/mol. The second kappa shape index (κ2) is 9.38. The number of carbonyl (C=O) groups excluding carboxylic acids is 1.